The predicted molar refractivity (Wildman–Crippen MR) is 110 cm³/mol. The Morgan fingerprint density at radius 3 is 2.37 bits per heavy atom. The predicted octanol–water partition coefficient (Wildman–Crippen LogP) is 2.82. The number of nitrogens with zero attached hydrogens (tertiary/aromatic N) is 4. The largest absolute Gasteiger partial charge is 0.391 e. The molecule has 148 valence electrons. The molecule has 5 nitrogen and oxygen atoms in total. The van der Waals surface area contributed by atoms with Gasteiger partial charge in [-0.05, 0) is 37.9 Å². The molecule has 0 saturated carbocycles. The molecule has 3 aliphatic rings. The lowest BCUT2D eigenvalue weighted by molar-refractivity contribution is 0.0235. The zero-order valence-electron chi connectivity index (χ0n) is 16.7. The summed E-state index contributed by atoms with van der Waals surface area (Å²) in [6.07, 6.45) is 4.94. The van der Waals surface area contributed by atoms with Crippen molar-refractivity contribution in [2.75, 3.05) is 45.8 Å². The Labute approximate surface area is 163 Å². The fourth-order valence-corrected chi connectivity index (χ4v) is 4.68. The number of rotatable bonds is 6. The number of benzene rings is 1. The number of piperidine rings is 1. The van der Waals surface area contributed by atoms with E-state index in [1.807, 2.05) is 0 Å². The van der Waals surface area contributed by atoms with Gasteiger partial charge in [0.05, 0.1) is 5.71 Å². The molecule has 0 aliphatic carbocycles. The molecule has 2 fully saturated rings. The van der Waals surface area contributed by atoms with Crippen LogP contribution in [0.2, 0.25) is 0 Å². The number of hydrogen-bond donors (Lipinski definition) is 0. The highest BCUT2D eigenvalue weighted by Gasteiger charge is 2.29. The quantitative estimate of drug-likeness (QED) is 0.771. The van der Waals surface area contributed by atoms with Crippen molar-refractivity contribution in [2.45, 2.75) is 51.3 Å². The second kappa shape index (κ2) is 9.18. The molecule has 1 atom stereocenters. The maximum absolute atomic E-state index is 5.59. The van der Waals surface area contributed by atoms with Crippen LogP contribution in [0.3, 0.4) is 0 Å². The summed E-state index contributed by atoms with van der Waals surface area (Å²) in [7, 11) is 0. The molecule has 5 heteroatoms. The molecule has 3 heterocycles. The molecule has 0 radical (unpaired) electrons. The summed E-state index contributed by atoms with van der Waals surface area (Å²) >= 11 is 0. The first-order valence-corrected chi connectivity index (χ1v) is 10.7. The van der Waals surface area contributed by atoms with Gasteiger partial charge in [-0.1, -0.05) is 42.4 Å². The second-order valence-corrected chi connectivity index (χ2v) is 8.27. The van der Waals surface area contributed by atoms with E-state index >= 15 is 0 Å². The summed E-state index contributed by atoms with van der Waals surface area (Å²) in [6, 6.07) is 11.6. The molecule has 0 N–H and O–H groups in total. The van der Waals surface area contributed by atoms with Crippen LogP contribution in [0.5, 0.6) is 0 Å². The van der Waals surface area contributed by atoms with Gasteiger partial charge >= 0.3 is 0 Å². The number of oxime groups is 1. The van der Waals surface area contributed by atoms with Crippen LogP contribution in [0.15, 0.2) is 35.5 Å². The van der Waals surface area contributed by atoms with Gasteiger partial charge in [-0.3, -0.25) is 14.7 Å². The zero-order chi connectivity index (χ0) is 18.5. The Kier molecular flexibility index (Phi) is 6.43. The van der Waals surface area contributed by atoms with Gasteiger partial charge in [0.15, 0.2) is 0 Å². The van der Waals surface area contributed by atoms with Crippen LogP contribution in [-0.2, 0) is 11.4 Å². The molecule has 0 bridgehead atoms. The maximum Gasteiger partial charge on any atom is 0.145 e. The monoisotopic (exact) mass is 370 g/mol. The summed E-state index contributed by atoms with van der Waals surface area (Å²) in [5.74, 6) is 0. The average Bonchev–Trinajstić information content (AvgIpc) is 3.18. The third kappa shape index (κ3) is 5.09. The van der Waals surface area contributed by atoms with Crippen LogP contribution in [0, 0.1) is 0 Å². The number of hydrogen-bond acceptors (Lipinski definition) is 5. The van der Waals surface area contributed by atoms with Crippen LogP contribution in [0.4, 0.5) is 0 Å². The lowest BCUT2D eigenvalue weighted by Crippen LogP contribution is -2.53. The molecule has 3 aliphatic heterocycles. The fraction of sp³-hybridized carbons (Fsp3) is 0.682. The molecule has 1 unspecified atom stereocenters. The summed E-state index contributed by atoms with van der Waals surface area (Å²) in [6.45, 7) is 11.5. The maximum atomic E-state index is 5.59. The number of piperazine rings is 1. The van der Waals surface area contributed by atoms with E-state index in [0.717, 1.165) is 32.0 Å². The minimum Gasteiger partial charge on any atom is -0.391 e. The van der Waals surface area contributed by atoms with Gasteiger partial charge < -0.3 is 4.84 Å². The van der Waals surface area contributed by atoms with Gasteiger partial charge in [0.25, 0.3) is 0 Å². The van der Waals surface area contributed by atoms with E-state index in [0.29, 0.717) is 0 Å². The van der Waals surface area contributed by atoms with Gasteiger partial charge in [0.1, 0.15) is 6.10 Å². The van der Waals surface area contributed by atoms with E-state index in [1.165, 1.54) is 63.4 Å². The van der Waals surface area contributed by atoms with Crippen molar-refractivity contribution in [1.29, 1.82) is 0 Å². The number of likely N-dealkylation sites (tertiary alicyclic amines) is 1. The molecule has 2 saturated heterocycles. The van der Waals surface area contributed by atoms with Crippen molar-refractivity contribution in [3.05, 3.63) is 35.9 Å². The minimum absolute atomic E-state index is 0.290. The lowest BCUT2D eigenvalue weighted by atomic mass is 10.0. The van der Waals surface area contributed by atoms with Gasteiger partial charge in [0.2, 0.25) is 0 Å². The Morgan fingerprint density at radius 1 is 0.963 bits per heavy atom. The van der Waals surface area contributed by atoms with E-state index in [4.69, 9.17) is 4.84 Å². The van der Waals surface area contributed by atoms with E-state index in [1.54, 1.807) is 0 Å². The van der Waals surface area contributed by atoms with Crippen LogP contribution in [-0.4, -0.2) is 78.4 Å². The van der Waals surface area contributed by atoms with Crippen molar-refractivity contribution >= 4 is 5.71 Å². The summed E-state index contributed by atoms with van der Waals surface area (Å²) in [5, 5.41) is 4.20. The molecule has 4 rings (SSSR count). The molecule has 0 amide bonds. The lowest BCUT2D eigenvalue weighted by Gasteiger charge is -2.43. The van der Waals surface area contributed by atoms with E-state index in [2.05, 4.69) is 57.1 Å². The van der Waals surface area contributed by atoms with Crippen LogP contribution >= 0.6 is 0 Å². The fourth-order valence-electron chi connectivity index (χ4n) is 4.68. The van der Waals surface area contributed by atoms with Gasteiger partial charge in [-0.25, -0.2) is 0 Å². The molecule has 1 aromatic rings. The summed E-state index contributed by atoms with van der Waals surface area (Å²) < 4.78 is 0. The van der Waals surface area contributed by atoms with Crippen molar-refractivity contribution in [2.24, 2.45) is 5.16 Å². The second-order valence-electron chi connectivity index (χ2n) is 8.27. The molecular weight excluding hydrogens is 336 g/mol. The molecule has 27 heavy (non-hydrogen) atoms. The van der Waals surface area contributed by atoms with Crippen molar-refractivity contribution < 1.29 is 4.84 Å². The van der Waals surface area contributed by atoms with E-state index in [-0.39, 0.29) is 6.10 Å². The van der Waals surface area contributed by atoms with Gasteiger partial charge in [-0.2, -0.15) is 0 Å². The third-order valence-corrected chi connectivity index (χ3v) is 6.39. The molecular formula is C22H34N4O. The highest BCUT2D eigenvalue weighted by atomic mass is 16.6. The van der Waals surface area contributed by atoms with Gasteiger partial charge in [-0.15, -0.1) is 0 Å². The van der Waals surface area contributed by atoms with Crippen molar-refractivity contribution in [1.82, 2.24) is 14.7 Å². The zero-order valence-corrected chi connectivity index (χ0v) is 16.7. The van der Waals surface area contributed by atoms with Crippen molar-refractivity contribution in [3.8, 4) is 0 Å². The molecule has 0 spiro atoms. The Hall–Kier alpha value is -1.43. The SMILES string of the molecule is CCC1=NOC(CN2CCC(N3CCN(Cc4ccccc4)CC3)CC2)C1. The Bertz CT molecular complexity index is 604. The first-order valence-electron chi connectivity index (χ1n) is 10.7. The minimum atomic E-state index is 0.290. The highest BCUT2D eigenvalue weighted by Crippen LogP contribution is 2.21. The highest BCUT2D eigenvalue weighted by molar-refractivity contribution is 5.85. The Balaban J connectivity index is 1.15. The van der Waals surface area contributed by atoms with E-state index in [9.17, 15) is 0 Å². The Morgan fingerprint density at radius 2 is 1.70 bits per heavy atom. The smallest absolute Gasteiger partial charge is 0.145 e. The van der Waals surface area contributed by atoms with Gasteiger partial charge in [0, 0.05) is 51.7 Å². The normalized spacial score (nSPS) is 26.1. The van der Waals surface area contributed by atoms with Crippen LogP contribution in [0.1, 0.15) is 38.2 Å². The first kappa shape index (κ1) is 18.9. The summed E-state index contributed by atoms with van der Waals surface area (Å²) in [4.78, 5) is 13.5. The van der Waals surface area contributed by atoms with Crippen LogP contribution in [0.25, 0.3) is 0 Å². The third-order valence-electron chi connectivity index (χ3n) is 6.39. The standard InChI is InChI=1S/C22H34N4O/c1-2-20-16-22(27-23-20)18-24-10-8-21(9-11-24)26-14-12-25(13-15-26)17-19-6-4-3-5-7-19/h3-7,21-22H,2,8-18H2,1H3. The molecule has 1 aromatic carbocycles. The van der Waals surface area contributed by atoms with Crippen LogP contribution < -0.4 is 0 Å². The topological polar surface area (TPSA) is 31.3 Å². The first-order chi connectivity index (χ1) is 13.3. The summed E-state index contributed by atoms with van der Waals surface area (Å²) in [5.41, 5.74) is 2.66. The molecule has 0 aromatic heterocycles. The van der Waals surface area contributed by atoms with Crippen molar-refractivity contribution in [3.63, 3.8) is 0 Å². The van der Waals surface area contributed by atoms with E-state index < -0.39 is 0 Å². The average molecular weight is 371 g/mol.